The Morgan fingerprint density at radius 2 is 2.24 bits per heavy atom. The fourth-order valence-electron chi connectivity index (χ4n) is 2.17. The Morgan fingerprint density at radius 1 is 1.53 bits per heavy atom. The molecule has 0 aromatic heterocycles. The second-order valence-corrected chi connectivity index (χ2v) is 4.28. The molecule has 1 aromatic carbocycles. The zero-order valence-corrected chi connectivity index (χ0v) is 9.87. The van der Waals surface area contributed by atoms with Crippen LogP contribution in [0.5, 0.6) is 5.75 Å². The fraction of sp³-hybridized carbons (Fsp3) is 0.462. The van der Waals surface area contributed by atoms with E-state index in [1.165, 1.54) is 14.0 Å². The van der Waals surface area contributed by atoms with Crippen LogP contribution in [0.3, 0.4) is 0 Å². The van der Waals surface area contributed by atoms with Crippen LogP contribution >= 0.6 is 0 Å². The highest BCUT2D eigenvalue weighted by Crippen LogP contribution is 2.54. The standard InChI is InChI=1S/C13H14FNO2/c1-9(14)10-4-3-5-11(17-2)12(10)13(6-7-13)15-8-16/h3-5,9H,6-7H2,1-2H3. The number of ether oxygens (including phenoxy) is 1. The zero-order chi connectivity index (χ0) is 12.5. The summed E-state index contributed by atoms with van der Waals surface area (Å²) < 4.78 is 18.9. The fourth-order valence-corrected chi connectivity index (χ4v) is 2.17. The van der Waals surface area contributed by atoms with Crippen LogP contribution in [0, 0.1) is 0 Å². The number of methoxy groups -OCH3 is 1. The van der Waals surface area contributed by atoms with E-state index in [4.69, 9.17) is 4.74 Å². The van der Waals surface area contributed by atoms with E-state index >= 15 is 0 Å². The molecule has 0 amide bonds. The molecule has 0 aliphatic heterocycles. The first kappa shape index (κ1) is 11.8. The van der Waals surface area contributed by atoms with Crippen molar-refractivity contribution in [1.29, 1.82) is 0 Å². The van der Waals surface area contributed by atoms with Gasteiger partial charge in [-0.1, -0.05) is 12.1 Å². The summed E-state index contributed by atoms with van der Waals surface area (Å²) in [6, 6.07) is 5.22. The minimum Gasteiger partial charge on any atom is -0.496 e. The Balaban J connectivity index is 2.61. The molecule has 3 nitrogen and oxygen atoms in total. The molecule has 4 heteroatoms. The first-order valence-electron chi connectivity index (χ1n) is 5.55. The van der Waals surface area contributed by atoms with Crippen molar-refractivity contribution >= 4 is 6.08 Å². The van der Waals surface area contributed by atoms with Crippen molar-refractivity contribution in [3.05, 3.63) is 29.3 Å². The van der Waals surface area contributed by atoms with Gasteiger partial charge in [0.15, 0.2) is 0 Å². The minimum atomic E-state index is -1.11. The average Bonchev–Trinajstić information content (AvgIpc) is 3.09. The number of nitrogens with zero attached hydrogens (tertiary/aromatic N) is 1. The second-order valence-electron chi connectivity index (χ2n) is 4.28. The highest BCUT2D eigenvalue weighted by Gasteiger charge is 2.48. The lowest BCUT2D eigenvalue weighted by molar-refractivity contribution is 0.360. The largest absolute Gasteiger partial charge is 0.496 e. The number of hydrogen-bond donors (Lipinski definition) is 0. The van der Waals surface area contributed by atoms with E-state index in [0.29, 0.717) is 16.9 Å². The molecule has 0 spiro atoms. The van der Waals surface area contributed by atoms with Crippen molar-refractivity contribution in [2.45, 2.75) is 31.5 Å². The smallest absolute Gasteiger partial charge is 0.235 e. The monoisotopic (exact) mass is 235 g/mol. The molecule has 0 radical (unpaired) electrons. The molecule has 0 saturated heterocycles. The quantitative estimate of drug-likeness (QED) is 0.594. The summed E-state index contributed by atoms with van der Waals surface area (Å²) in [6.45, 7) is 1.47. The number of isocyanates is 1. The van der Waals surface area contributed by atoms with Crippen LogP contribution in [0.25, 0.3) is 0 Å². The maximum absolute atomic E-state index is 13.6. The van der Waals surface area contributed by atoms with Crippen molar-refractivity contribution in [1.82, 2.24) is 0 Å². The first-order chi connectivity index (χ1) is 8.14. The number of halogens is 1. The summed E-state index contributed by atoms with van der Waals surface area (Å²) in [5, 5.41) is 0. The molecule has 1 saturated carbocycles. The summed E-state index contributed by atoms with van der Waals surface area (Å²) in [6.07, 6.45) is 1.95. The number of aliphatic imine (C=N–C) groups is 1. The van der Waals surface area contributed by atoms with Crippen molar-refractivity contribution in [2.24, 2.45) is 4.99 Å². The maximum atomic E-state index is 13.6. The number of carbonyl (C=O) groups excluding carboxylic acids is 1. The predicted molar refractivity (Wildman–Crippen MR) is 61.6 cm³/mol. The minimum absolute atomic E-state index is 0.542. The van der Waals surface area contributed by atoms with Gasteiger partial charge in [-0.05, 0) is 31.4 Å². The number of rotatable bonds is 4. The molecule has 1 unspecified atom stereocenters. The number of alkyl halides is 1. The van der Waals surface area contributed by atoms with Gasteiger partial charge in [0.2, 0.25) is 6.08 Å². The van der Waals surface area contributed by atoms with Gasteiger partial charge < -0.3 is 4.74 Å². The normalized spacial score (nSPS) is 18.1. The van der Waals surface area contributed by atoms with Crippen molar-refractivity contribution in [3.8, 4) is 5.75 Å². The molecule has 1 aliphatic carbocycles. The molecule has 1 aliphatic rings. The van der Waals surface area contributed by atoms with Crippen molar-refractivity contribution in [3.63, 3.8) is 0 Å². The van der Waals surface area contributed by atoms with Gasteiger partial charge in [0.1, 0.15) is 17.5 Å². The third kappa shape index (κ3) is 1.96. The predicted octanol–water partition coefficient (Wildman–Crippen LogP) is 3.05. The number of hydrogen-bond acceptors (Lipinski definition) is 3. The third-order valence-electron chi connectivity index (χ3n) is 3.16. The molecule has 1 aromatic rings. The summed E-state index contributed by atoms with van der Waals surface area (Å²) >= 11 is 0. The Bertz CT molecular complexity index is 474. The number of benzene rings is 1. The van der Waals surface area contributed by atoms with Crippen LogP contribution in [0.4, 0.5) is 4.39 Å². The molecular formula is C13H14FNO2. The third-order valence-corrected chi connectivity index (χ3v) is 3.16. The van der Waals surface area contributed by atoms with Crippen LogP contribution in [-0.2, 0) is 10.3 Å². The van der Waals surface area contributed by atoms with Gasteiger partial charge in [-0.2, -0.15) is 4.99 Å². The molecule has 17 heavy (non-hydrogen) atoms. The van der Waals surface area contributed by atoms with Crippen molar-refractivity contribution in [2.75, 3.05) is 7.11 Å². The molecule has 90 valence electrons. The molecule has 0 heterocycles. The second kappa shape index (κ2) is 4.30. The van der Waals surface area contributed by atoms with E-state index in [-0.39, 0.29) is 0 Å². The van der Waals surface area contributed by atoms with Gasteiger partial charge in [0.05, 0.1) is 7.11 Å². The van der Waals surface area contributed by atoms with E-state index < -0.39 is 11.7 Å². The van der Waals surface area contributed by atoms with Gasteiger partial charge >= 0.3 is 0 Å². The molecule has 0 bridgehead atoms. The summed E-state index contributed by atoms with van der Waals surface area (Å²) in [5.74, 6) is 0.587. The molecule has 1 atom stereocenters. The van der Waals surface area contributed by atoms with E-state index in [2.05, 4.69) is 4.99 Å². The Morgan fingerprint density at radius 3 is 2.71 bits per heavy atom. The molecule has 1 fully saturated rings. The molecule has 0 N–H and O–H groups in total. The van der Waals surface area contributed by atoms with Gasteiger partial charge in [0, 0.05) is 5.56 Å². The van der Waals surface area contributed by atoms with E-state index in [1.54, 1.807) is 24.3 Å². The first-order valence-corrected chi connectivity index (χ1v) is 5.55. The SMILES string of the molecule is COc1cccc(C(C)F)c1C1(N=C=O)CC1. The van der Waals surface area contributed by atoms with Crippen LogP contribution < -0.4 is 4.74 Å². The molecule has 2 rings (SSSR count). The maximum Gasteiger partial charge on any atom is 0.235 e. The lowest BCUT2D eigenvalue weighted by Crippen LogP contribution is -2.10. The zero-order valence-electron chi connectivity index (χ0n) is 9.87. The van der Waals surface area contributed by atoms with Gasteiger partial charge in [-0.15, -0.1) is 0 Å². The van der Waals surface area contributed by atoms with Crippen molar-refractivity contribution < 1.29 is 13.9 Å². The van der Waals surface area contributed by atoms with E-state index in [0.717, 1.165) is 12.8 Å². The Kier molecular flexibility index (Phi) is 2.99. The van der Waals surface area contributed by atoms with E-state index in [1.807, 2.05) is 0 Å². The highest BCUT2D eigenvalue weighted by molar-refractivity contribution is 5.51. The van der Waals surface area contributed by atoms with Gasteiger partial charge in [0.25, 0.3) is 0 Å². The van der Waals surface area contributed by atoms with Crippen LogP contribution in [0.2, 0.25) is 0 Å². The molecular weight excluding hydrogens is 221 g/mol. The van der Waals surface area contributed by atoms with Crippen LogP contribution in [-0.4, -0.2) is 13.2 Å². The average molecular weight is 235 g/mol. The Hall–Kier alpha value is -1.67. The topological polar surface area (TPSA) is 38.7 Å². The highest BCUT2D eigenvalue weighted by atomic mass is 19.1. The Labute approximate surface area is 99.3 Å². The summed E-state index contributed by atoms with van der Waals surface area (Å²) in [5.41, 5.74) is 0.631. The van der Waals surface area contributed by atoms with Gasteiger partial charge in [-0.25, -0.2) is 9.18 Å². The summed E-state index contributed by atoms with van der Waals surface area (Å²) in [7, 11) is 1.53. The van der Waals surface area contributed by atoms with Crippen LogP contribution in [0.1, 0.15) is 37.1 Å². The van der Waals surface area contributed by atoms with E-state index in [9.17, 15) is 9.18 Å². The van der Waals surface area contributed by atoms with Crippen LogP contribution in [0.15, 0.2) is 23.2 Å². The summed E-state index contributed by atoms with van der Waals surface area (Å²) in [4.78, 5) is 14.3. The van der Waals surface area contributed by atoms with Gasteiger partial charge in [-0.3, -0.25) is 0 Å². The lowest BCUT2D eigenvalue weighted by atomic mass is 9.95. The lowest BCUT2D eigenvalue weighted by Gasteiger charge is -2.18.